The summed E-state index contributed by atoms with van der Waals surface area (Å²) in [6.45, 7) is 7.49. The Morgan fingerprint density at radius 3 is 2.63 bits per heavy atom. The average molecular weight is 283 g/mol. The summed E-state index contributed by atoms with van der Waals surface area (Å²) < 4.78 is 2.12. The molecule has 0 spiro atoms. The van der Waals surface area contributed by atoms with Crippen molar-refractivity contribution in [3.63, 3.8) is 0 Å². The molecule has 1 saturated carbocycles. The Hall–Kier alpha value is -1.04. The van der Waals surface area contributed by atoms with Gasteiger partial charge in [0.15, 0.2) is 5.16 Å². The fourth-order valence-electron chi connectivity index (χ4n) is 1.83. The number of hydrogen-bond acceptors (Lipinski definition) is 4. The monoisotopic (exact) mass is 283 g/mol. The van der Waals surface area contributed by atoms with E-state index in [1.165, 1.54) is 24.6 Å². The Balaban J connectivity index is 2.11. The maximum atomic E-state index is 10.7. The Kier molecular flexibility index (Phi) is 4.18. The Bertz CT molecular complexity index is 461. The third-order valence-electron chi connectivity index (χ3n) is 3.10. The molecule has 19 heavy (non-hydrogen) atoms. The smallest absolute Gasteiger partial charge is 0.313 e. The summed E-state index contributed by atoms with van der Waals surface area (Å²) in [6, 6.07) is 0. The summed E-state index contributed by atoms with van der Waals surface area (Å²) in [5, 5.41) is 17.9. The van der Waals surface area contributed by atoms with E-state index in [4.69, 9.17) is 5.11 Å². The van der Waals surface area contributed by atoms with Gasteiger partial charge in [-0.15, -0.1) is 10.2 Å². The summed E-state index contributed by atoms with van der Waals surface area (Å²) in [5.74, 6) is 0.797. The minimum absolute atomic E-state index is 0.0400. The highest BCUT2D eigenvalue weighted by molar-refractivity contribution is 7.99. The van der Waals surface area contributed by atoms with Gasteiger partial charge in [0.05, 0.1) is 5.75 Å². The molecular weight excluding hydrogens is 262 g/mol. The van der Waals surface area contributed by atoms with Gasteiger partial charge in [0, 0.05) is 12.5 Å². The van der Waals surface area contributed by atoms with E-state index in [-0.39, 0.29) is 11.2 Å². The number of nitrogens with zero attached hydrogens (tertiary/aromatic N) is 3. The van der Waals surface area contributed by atoms with Crippen LogP contribution in [0.15, 0.2) is 5.16 Å². The zero-order valence-corrected chi connectivity index (χ0v) is 12.5. The predicted molar refractivity (Wildman–Crippen MR) is 74.4 cm³/mol. The maximum Gasteiger partial charge on any atom is 0.313 e. The summed E-state index contributed by atoms with van der Waals surface area (Å²) in [6.07, 6.45) is 3.39. The molecule has 1 aromatic heterocycles. The zero-order valence-electron chi connectivity index (χ0n) is 11.7. The third-order valence-corrected chi connectivity index (χ3v) is 4.05. The van der Waals surface area contributed by atoms with Gasteiger partial charge in [0.2, 0.25) is 0 Å². The molecule has 0 unspecified atom stereocenters. The molecule has 0 saturated heterocycles. The van der Waals surface area contributed by atoms with Crippen molar-refractivity contribution >= 4 is 17.7 Å². The highest BCUT2D eigenvalue weighted by Crippen LogP contribution is 2.40. The van der Waals surface area contributed by atoms with E-state index in [0.29, 0.717) is 5.92 Å². The van der Waals surface area contributed by atoms with Crippen LogP contribution in [0.4, 0.5) is 0 Å². The second kappa shape index (κ2) is 5.53. The SMILES string of the molecule is CC(C)(C)CCn1c(SCC(=O)O)nnc1C1CC1. The summed E-state index contributed by atoms with van der Waals surface area (Å²) in [7, 11) is 0. The minimum atomic E-state index is -0.816. The lowest BCUT2D eigenvalue weighted by atomic mass is 9.92. The molecule has 0 radical (unpaired) electrons. The molecule has 0 aromatic carbocycles. The molecular formula is C13H21N3O2S. The molecule has 1 aliphatic carbocycles. The number of rotatable bonds is 6. The number of thioether (sulfide) groups is 1. The van der Waals surface area contributed by atoms with Crippen LogP contribution in [-0.4, -0.2) is 31.6 Å². The summed E-state index contributed by atoms with van der Waals surface area (Å²) in [5.41, 5.74) is 0.250. The van der Waals surface area contributed by atoms with Crippen LogP contribution in [0.5, 0.6) is 0 Å². The van der Waals surface area contributed by atoms with Gasteiger partial charge in [0.1, 0.15) is 5.82 Å². The van der Waals surface area contributed by atoms with Crippen molar-refractivity contribution in [3.8, 4) is 0 Å². The first-order chi connectivity index (χ1) is 8.87. The van der Waals surface area contributed by atoms with Crippen LogP contribution in [0.3, 0.4) is 0 Å². The summed E-state index contributed by atoms with van der Waals surface area (Å²) >= 11 is 1.26. The Morgan fingerprint density at radius 2 is 2.11 bits per heavy atom. The molecule has 0 aliphatic heterocycles. The zero-order chi connectivity index (χ0) is 14.0. The largest absolute Gasteiger partial charge is 0.481 e. The fourth-order valence-corrected chi connectivity index (χ4v) is 2.53. The van der Waals surface area contributed by atoms with Gasteiger partial charge < -0.3 is 9.67 Å². The van der Waals surface area contributed by atoms with Gasteiger partial charge in [-0.2, -0.15) is 0 Å². The van der Waals surface area contributed by atoms with E-state index >= 15 is 0 Å². The molecule has 1 heterocycles. The van der Waals surface area contributed by atoms with Crippen LogP contribution in [0.2, 0.25) is 0 Å². The number of aliphatic carboxylic acids is 1. The molecule has 1 fully saturated rings. The topological polar surface area (TPSA) is 68.0 Å². The van der Waals surface area contributed by atoms with Gasteiger partial charge >= 0.3 is 5.97 Å². The average Bonchev–Trinajstić information content (AvgIpc) is 3.04. The maximum absolute atomic E-state index is 10.7. The van der Waals surface area contributed by atoms with Crippen LogP contribution in [0.1, 0.15) is 51.8 Å². The number of carbonyl (C=O) groups is 1. The number of aromatic nitrogens is 3. The standard InChI is InChI=1S/C13H21N3O2S/c1-13(2,3)6-7-16-11(9-4-5-9)14-15-12(16)19-8-10(17)18/h9H,4-8H2,1-3H3,(H,17,18). The third kappa shape index (κ3) is 4.23. The van der Waals surface area contributed by atoms with E-state index in [1.54, 1.807) is 0 Å². The van der Waals surface area contributed by atoms with Crippen molar-refractivity contribution < 1.29 is 9.90 Å². The van der Waals surface area contributed by atoms with E-state index in [2.05, 4.69) is 35.5 Å². The Morgan fingerprint density at radius 1 is 1.42 bits per heavy atom. The molecule has 0 atom stereocenters. The molecule has 2 rings (SSSR count). The van der Waals surface area contributed by atoms with Crippen LogP contribution in [-0.2, 0) is 11.3 Å². The molecule has 5 nitrogen and oxygen atoms in total. The van der Waals surface area contributed by atoms with E-state index in [1.807, 2.05) is 0 Å². The first-order valence-corrected chi connectivity index (χ1v) is 7.63. The number of hydrogen-bond donors (Lipinski definition) is 1. The molecule has 1 aromatic rings. The van der Waals surface area contributed by atoms with Crippen molar-refractivity contribution in [3.05, 3.63) is 5.82 Å². The second-order valence-corrected chi connectivity index (χ2v) is 7.20. The van der Waals surface area contributed by atoms with Crippen LogP contribution in [0.25, 0.3) is 0 Å². The second-order valence-electron chi connectivity index (χ2n) is 6.26. The summed E-state index contributed by atoms with van der Waals surface area (Å²) in [4.78, 5) is 10.7. The van der Waals surface area contributed by atoms with Crippen LogP contribution >= 0.6 is 11.8 Å². The molecule has 1 aliphatic rings. The van der Waals surface area contributed by atoms with Crippen molar-refractivity contribution in [1.82, 2.24) is 14.8 Å². The molecule has 106 valence electrons. The van der Waals surface area contributed by atoms with Crippen LogP contribution in [0, 0.1) is 5.41 Å². The van der Waals surface area contributed by atoms with Crippen LogP contribution < -0.4 is 0 Å². The molecule has 1 N–H and O–H groups in total. The number of carboxylic acids is 1. The van der Waals surface area contributed by atoms with E-state index in [9.17, 15) is 4.79 Å². The lowest BCUT2D eigenvalue weighted by Crippen LogP contribution is -2.13. The predicted octanol–water partition coefficient (Wildman–Crippen LogP) is 2.77. The first kappa shape index (κ1) is 14.4. The van der Waals surface area contributed by atoms with Gasteiger partial charge in [0.25, 0.3) is 0 Å². The lowest BCUT2D eigenvalue weighted by molar-refractivity contribution is -0.133. The van der Waals surface area contributed by atoms with Crippen molar-refractivity contribution in [2.45, 2.75) is 57.7 Å². The Labute approximate surface area is 117 Å². The normalized spacial score (nSPS) is 15.7. The van der Waals surface area contributed by atoms with Gasteiger partial charge in [-0.25, -0.2) is 0 Å². The molecule has 6 heteroatoms. The highest BCUT2D eigenvalue weighted by Gasteiger charge is 2.30. The first-order valence-electron chi connectivity index (χ1n) is 6.64. The van der Waals surface area contributed by atoms with Crippen molar-refractivity contribution in [2.75, 3.05) is 5.75 Å². The van der Waals surface area contributed by atoms with E-state index < -0.39 is 5.97 Å². The van der Waals surface area contributed by atoms with Gasteiger partial charge in [-0.05, 0) is 24.7 Å². The highest BCUT2D eigenvalue weighted by atomic mass is 32.2. The van der Waals surface area contributed by atoms with E-state index in [0.717, 1.165) is 23.9 Å². The fraction of sp³-hybridized carbons (Fsp3) is 0.769. The minimum Gasteiger partial charge on any atom is -0.481 e. The number of carboxylic acid groups (broad SMARTS) is 1. The van der Waals surface area contributed by atoms with Crippen molar-refractivity contribution in [1.29, 1.82) is 0 Å². The quantitative estimate of drug-likeness (QED) is 0.813. The molecule has 0 amide bonds. The van der Waals surface area contributed by atoms with Gasteiger partial charge in [-0.1, -0.05) is 32.5 Å². The lowest BCUT2D eigenvalue weighted by Gasteiger charge is -2.19. The molecule has 0 bridgehead atoms. The van der Waals surface area contributed by atoms with Crippen molar-refractivity contribution in [2.24, 2.45) is 5.41 Å². The van der Waals surface area contributed by atoms with Gasteiger partial charge in [-0.3, -0.25) is 4.79 Å².